The molecule has 8 nitrogen and oxygen atoms in total. The van der Waals surface area contributed by atoms with Crippen molar-refractivity contribution in [1.82, 2.24) is 4.90 Å². The number of amides is 1. The van der Waals surface area contributed by atoms with Gasteiger partial charge in [-0.1, -0.05) is 18.2 Å². The van der Waals surface area contributed by atoms with E-state index < -0.39 is 28.5 Å². The summed E-state index contributed by atoms with van der Waals surface area (Å²) in [5, 5.41) is 13.6. The first-order chi connectivity index (χ1) is 15.0. The zero-order valence-electron chi connectivity index (χ0n) is 17.4. The van der Waals surface area contributed by atoms with Gasteiger partial charge in [0.25, 0.3) is 5.69 Å². The number of nitrogens with one attached hydrogen (secondary N) is 1. The Morgan fingerprint density at radius 3 is 2.34 bits per heavy atom. The Hall–Kier alpha value is -3.47. The molecule has 0 atom stereocenters. The van der Waals surface area contributed by atoms with Crippen LogP contribution in [0.2, 0.25) is 0 Å². The Bertz CT molecular complexity index is 978. The number of hydrogen-bond acceptors (Lipinski definition) is 6. The average Bonchev–Trinajstić information content (AvgIpc) is 2.69. The third-order valence-electron chi connectivity index (χ3n) is 4.49. The van der Waals surface area contributed by atoms with Crippen LogP contribution in [0.3, 0.4) is 0 Å². The van der Waals surface area contributed by atoms with E-state index in [-0.39, 0.29) is 43.2 Å². The quantitative estimate of drug-likeness (QED) is 0.351. The van der Waals surface area contributed by atoms with Crippen LogP contribution in [-0.2, 0) is 27.0 Å². The molecule has 11 heteroatoms. The Kier molecular flexibility index (Phi) is 8.30. The number of benzene rings is 2. The Morgan fingerprint density at radius 2 is 1.78 bits per heavy atom. The number of nitro benzene ring substituents is 1. The van der Waals surface area contributed by atoms with Crippen LogP contribution in [0.25, 0.3) is 0 Å². The van der Waals surface area contributed by atoms with Crippen LogP contribution in [0.4, 0.5) is 24.5 Å². The molecule has 2 aromatic carbocycles. The molecule has 2 rings (SSSR count). The Morgan fingerprint density at radius 1 is 1.12 bits per heavy atom. The molecule has 1 amide bonds. The summed E-state index contributed by atoms with van der Waals surface area (Å²) in [4.78, 5) is 36.4. The van der Waals surface area contributed by atoms with Gasteiger partial charge in [0.2, 0.25) is 5.91 Å². The highest BCUT2D eigenvalue weighted by molar-refractivity contribution is 5.93. The largest absolute Gasteiger partial charge is 0.465 e. The van der Waals surface area contributed by atoms with Crippen molar-refractivity contribution in [3.05, 3.63) is 69.3 Å². The molecule has 0 radical (unpaired) electrons. The number of halogens is 3. The third-order valence-corrected chi connectivity index (χ3v) is 4.49. The second-order valence-corrected chi connectivity index (χ2v) is 6.90. The van der Waals surface area contributed by atoms with Gasteiger partial charge < -0.3 is 10.1 Å². The number of nitrogens with zero attached hydrogens (tertiary/aromatic N) is 2. The minimum Gasteiger partial charge on any atom is -0.465 e. The molecule has 0 aliphatic rings. The highest BCUT2D eigenvalue weighted by atomic mass is 19.4. The van der Waals surface area contributed by atoms with Crippen molar-refractivity contribution in [2.24, 2.45) is 0 Å². The van der Waals surface area contributed by atoms with Crippen LogP contribution in [0.15, 0.2) is 42.5 Å². The fraction of sp³-hybridized carbons (Fsp3) is 0.333. The third kappa shape index (κ3) is 7.05. The van der Waals surface area contributed by atoms with Crippen LogP contribution < -0.4 is 5.32 Å². The molecule has 0 saturated carbocycles. The van der Waals surface area contributed by atoms with Crippen molar-refractivity contribution in [3.63, 3.8) is 0 Å². The molecule has 0 bridgehead atoms. The first-order valence-electron chi connectivity index (χ1n) is 9.59. The molecule has 0 heterocycles. The molecule has 0 unspecified atom stereocenters. The number of rotatable bonds is 9. The zero-order chi connectivity index (χ0) is 23.9. The van der Waals surface area contributed by atoms with Crippen LogP contribution in [0, 0.1) is 17.0 Å². The van der Waals surface area contributed by atoms with E-state index in [0.29, 0.717) is 5.56 Å². The zero-order valence-corrected chi connectivity index (χ0v) is 17.4. The predicted octanol–water partition coefficient (Wildman–Crippen LogP) is 3.93. The summed E-state index contributed by atoms with van der Waals surface area (Å²) in [7, 11) is 0. The van der Waals surface area contributed by atoms with Gasteiger partial charge in [0.05, 0.1) is 41.4 Å². The second-order valence-electron chi connectivity index (χ2n) is 6.90. The highest BCUT2D eigenvalue weighted by Gasteiger charge is 2.30. The summed E-state index contributed by atoms with van der Waals surface area (Å²) in [5.74, 6) is -1.15. The minimum absolute atomic E-state index is 0.0122. The van der Waals surface area contributed by atoms with Crippen molar-refractivity contribution in [3.8, 4) is 0 Å². The summed E-state index contributed by atoms with van der Waals surface area (Å²) >= 11 is 0. The van der Waals surface area contributed by atoms with Crippen LogP contribution in [-0.4, -0.2) is 41.4 Å². The topological polar surface area (TPSA) is 102 Å². The summed E-state index contributed by atoms with van der Waals surface area (Å²) in [6, 6.07) is 8.62. The first kappa shape index (κ1) is 24.8. The molecule has 0 fully saturated rings. The number of carbonyl (C=O) groups excluding carboxylic acids is 2. The summed E-state index contributed by atoms with van der Waals surface area (Å²) < 4.78 is 43.2. The van der Waals surface area contributed by atoms with Crippen molar-refractivity contribution in [2.75, 3.05) is 25.0 Å². The predicted molar refractivity (Wildman–Crippen MR) is 110 cm³/mol. The summed E-state index contributed by atoms with van der Waals surface area (Å²) in [6.07, 6.45) is -4.47. The van der Waals surface area contributed by atoms with Crippen molar-refractivity contribution in [1.29, 1.82) is 0 Å². The number of hydrogen-bond donors (Lipinski definition) is 1. The smallest absolute Gasteiger partial charge is 0.416 e. The van der Waals surface area contributed by atoms with Crippen molar-refractivity contribution >= 4 is 23.3 Å². The molecule has 0 aromatic heterocycles. The van der Waals surface area contributed by atoms with E-state index in [0.717, 1.165) is 12.1 Å². The van der Waals surface area contributed by atoms with E-state index in [9.17, 15) is 32.9 Å². The number of esters is 1. The van der Waals surface area contributed by atoms with Crippen LogP contribution in [0.5, 0.6) is 0 Å². The molecule has 1 N–H and O–H groups in total. The number of carbonyl (C=O) groups is 2. The van der Waals surface area contributed by atoms with Gasteiger partial charge in [-0.15, -0.1) is 0 Å². The fourth-order valence-corrected chi connectivity index (χ4v) is 2.96. The maximum absolute atomic E-state index is 12.8. The number of nitro groups is 1. The van der Waals surface area contributed by atoms with Gasteiger partial charge in [-0.2, -0.15) is 13.2 Å². The van der Waals surface area contributed by atoms with Gasteiger partial charge in [0, 0.05) is 12.6 Å². The lowest BCUT2D eigenvalue weighted by atomic mass is 10.1. The molecular weight excluding hydrogens is 431 g/mol. The second kappa shape index (κ2) is 10.7. The molecule has 32 heavy (non-hydrogen) atoms. The van der Waals surface area contributed by atoms with Crippen LogP contribution in [0.1, 0.15) is 23.6 Å². The van der Waals surface area contributed by atoms with Crippen LogP contribution >= 0.6 is 0 Å². The van der Waals surface area contributed by atoms with Crippen molar-refractivity contribution < 1.29 is 32.4 Å². The lowest BCUT2D eigenvalue weighted by molar-refractivity contribution is -0.385. The fourth-order valence-electron chi connectivity index (χ4n) is 2.96. The highest BCUT2D eigenvalue weighted by Crippen LogP contribution is 2.29. The van der Waals surface area contributed by atoms with E-state index in [1.165, 1.54) is 42.2 Å². The van der Waals surface area contributed by atoms with E-state index in [4.69, 9.17) is 4.74 Å². The maximum atomic E-state index is 12.8. The van der Waals surface area contributed by atoms with Gasteiger partial charge in [-0.25, -0.2) is 0 Å². The Balaban J connectivity index is 2.15. The first-order valence-corrected chi connectivity index (χ1v) is 9.59. The molecule has 2 aromatic rings. The van der Waals surface area contributed by atoms with E-state index in [1.54, 1.807) is 6.92 Å². The van der Waals surface area contributed by atoms with E-state index in [2.05, 4.69) is 5.32 Å². The van der Waals surface area contributed by atoms with Gasteiger partial charge in [0.1, 0.15) is 0 Å². The SMILES string of the molecule is CCOC(=O)CN(CC(=O)Nc1cccc([N+](=O)[O-])c1C)Cc1ccc(C(F)(F)F)cc1. The summed E-state index contributed by atoms with van der Waals surface area (Å²) in [6.45, 7) is 2.70. The average molecular weight is 453 g/mol. The molecule has 0 spiro atoms. The monoisotopic (exact) mass is 453 g/mol. The van der Waals surface area contributed by atoms with Gasteiger partial charge in [0.15, 0.2) is 0 Å². The molecule has 0 aliphatic carbocycles. The molecular formula is C21H22F3N3O5. The van der Waals surface area contributed by atoms with E-state index >= 15 is 0 Å². The standard InChI is InChI=1S/C21H22F3N3O5/c1-3-32-20(29)13-26(11-15-7-9-16(10-8-15)21(22,23)24)12-19(28)25-17-5-4-6-18(14(17)2)27(30)31/h4-10H,3,11-13H2,1-2H3,(H,25,28). The maximum Gasteiger partial charge on any atom is 0.416 e. The normalized spacial score (nSPS) is 11.3. The Labute approximate surface area is 182 Å². The molecule has 0 saturated heterocycles. The number of anilines is 1. The number of ether oxygens (including phenoxy) is 1. The lowest BCUT2D eigenvalue weighted by Gasteiger charge is -2.21. The van der Waals surface area contributed by atoms with Gasteiger partial charge in [-0.3, -0.25) is 24.6 Å². The molecule has 172 valence electrons. The van der Waals surface area contributed by atoms with Gasteiger partial charge >= 0.3 is 12.1 Å². The van der Waals surface area contributed by atoms with Gasteiger partial charge in [-0.05, 0) is 37.6 Å². The molecule has 0 aliphatic heterocycles. The summed E-state index contributed by atoms with van der Waals surface area (Å²) in [5.41, 5.74) is 0.00925. The van der Waals surface area contributed by atoms with Crippen molar-refractivity contribution in [2.45, 2.75) is 26.6 Å². The number of alkyl halides is 3. The minimum atomic E-state index is -4.47. The van der Waals surface area contributed by atoms with E-state index in [1.807, 2.05) is 0 Å². The lowest BCUT2D eigenvalue weighted by Crippen LogP contribution is -2.37.